The van der Waals surface area contributed by atoms with E-state index in [1.54, 1.807) is 12.1 Å². The van der Waals surface area contributed by atoms with Gasteiger partial charge in [-0.3, -0.25) is 0 Å². The van der Waals surface area contributed by atoms with E-state index >= 15 is 0 Å². The first-order valence-electron chi connectivity index (χ1n) is 5.89. The van der Waals surface area contributed by atoms with Crippen molar-refractivity contribution >= 4 is 33.3 Å². The van der Waals surface area contributed by atoms with Gasteiger partial charge in [0.2, 0.25) is 0 Å². The van der Waals surface area contributed by atoms with Crippen molar-refractivity contribution in [3.05, 3.63) is 40.4 Å². The third-order valence-electron chi connectivity index (χ3n) is 2.72. The van der Waals surface area contributed by atoms with Crippen LogP contribution >= 0.6 is 15.9 Å². The van der Waals surface area contributed by atoms with Gasteiger partial charge in [-0.15, -0.1) is 0 Å². The van der Waals surface area contributed by atoms with E-state index in [1.165, 1.54) is 12.4 Å². The third-order valence-corrected chi connectivity index (χ3v) is 3.36. The molecule has 0 amide bonds. The topological polar surface area (TPSA) is 49.8 Å². The lowest BCUT2D eigenvalue weighted by Crippen LogP contribution is -2.05. The Labute approximate surface area is 119 Å². The number of nitrogens with one attached hydrogen (secondary N) is 2. The maximum atomic E-state index is 13.5. The average molecular weight is 325 g/mol. The van der Waals surface area contributed by atoms with Crippen LogP contribution in [0.2, 0.25) is 0 Å². The van der Waals surface area contributed by atoms with Gasteiger partial charge < -0.3 is 10.6 Å². The Morgan fingerprint density at radius 2 is 2.00 bits per heavy atom. The highest BCUT2D eigenvalue weighted by atomic mass is 79.9. The summed E-state index contributed by atoms with van der Waals surface area (Å²) in [5.41, 5.74) is 1.62. The van der Waals surface area contributed by atoms with Crippen LogP contribution in [-0.2, 0) is 6.42 Å². The molecule has 2 rings (SSSR count). The smallest absolute Gasteiger partial charge is 0.139 e. The molecule has 0 radical (unpaired) electrons. The van der Waals surface area contributed by atoms with Crippen LogP contribution in [0, 0.1) is 5.82 Å². The summed E-state index contributed by atoms with van der Waals surface area (Å²) in [6.07, 6.45) is 2.25. The molecule has 0 saturated heterocycles. The summed E-state index contributed by atoms with van der Waals surface area (Å²) in [6.45, 7) is 2.02. The summed E-state index contributed by atoms with van der Waals surface area (Å²) < 4.78 is 13.9. The lowest BCUT2D eigenvalue weighted by Gasteiger charge is -2.13. The summed E-state index contributed by atoms with van der Waals surface area (Å²) in [5.74, 6) is 1.15. The number of anilines is 3. The molecular weight excluding hydrogens is 311 g/mol. The number of halogens is 2. The van der Waals surface area contributed by atoms with Gasteiger partial charge in [0.1, 0.15) is 23.8 Å². The van der Waals surface area contributed by atoms with E-state index < -0.39 is 0 Å². The predicted octanol–water partition coefficient (Wildman–Crippen LogP) is 3.73. The molecule has 6 heteroatoms. The van der Waals surface area contributed by atoms with Crippen LogP contribution in [0.1, 0.15) is 12.5 Å². The molecule has 0 aliphatic heterocycles. The Bertz CT molecular complexity index is 589. The van der Waals surface area contributed by atoms with Crippen molar-refractivity contribution in [2.45, 2.75) is 13.3 Å². The van der Waals surface area contributed by atoms with Crippen molar-refractivity contribution in [1.82, 2.24) is 9.97 Å². The second-order valence-electron chi connectivity index (χ2n) is 3.91. The van der Waals surface area contributed by atoms with Gasteiger partial charge in [0, 0.05) is 18.3 Å². The zero-order valence-electron chi connectivity index (χ0n) is 10.7. The predicted molar refractivity (Wildman–Crippen MR) is 78.3 cm³/mol. The standard InChI is InChI=1S/C13H14BrFN4/c1-3-9-12(16-2)17-7-18-13(9)19-8-4-5-10(14)11(15)6-8/h4-7H,3H2,1-2H3,(H2,16,17,18,19). The summed E-state index contributed by atoms with van der Waals surface area (Å²) in [5, 5.41) is 6.13. The van der Waals surface area contributed by atoms with E-state index in [4.69, 9.17) is 0 Å². The van der Waals surface area contributed by atoms with E-state index in [2.05, 4.69) is 36.5 Å². The van der Waals surface area contributed by atoms with Crippen LogP contribution in [-0.4, -0.2) is 17.0 Å². The number of nitrogens with zero attached hydrogens (tertiary/aromatic N) is 2. The minimum atomic E-state index is -0.314. The summed E-state index contributed by atoms with van der Waals surface area (Å²) in [4.78, 5) is 8.37. The van der Waals surface area contributed by atoms with E-state index in [-0.39, 0.29) is 5.82 Å². The van der Waals surface area contributed by atoms with Crippen LogP contribution in [0.15, 0.2) is 29.0 Å². The Balaban J connectivity index is 2.35. The minimum absolute atomic E-state index is 0.314. The number of aromatic nitrogens is 2. The second-order valence-corrected chi connectivity index (χ2v) is 4.76. The molecule has 0 spiro atoms. The fraction of sp³-hybridized carbons (Fsp3) is 0.231. The molecule has 0 fully saturated rings. The normalized spacial score (nSPS) is 10.3. The van der Waals surface area contributed by atoms with E-state index in [0.29, 0.717) is 16.0 Å². The van der Waals surface area contributed by atoms with Gasteiger partial charge in [0.05, 0.1) is 4.47 Å². The van der Waals surface area contributed by atoms with Gasteiger partial charge in [0.25, 0.3) is 0 Å². The van der Waals surface area contributed by atoms with Crippen molar-refractivity contribution in [2.75, 3.05) is 17.7 Å². The molecule has 1 heterocycles. The van der Waals surface area contributed by atoms with Gasteiger partial charge >= 0.3 is 0 Å². The highest BCUT2D eigenvalue weighted by molar-refractivity contribution is 9.10. The fourth-order valence-corrected chi connectivity index (χ4v) is 2.03. The Hall–Kier alpha value is -1.69. The van der Waals surface area contributed by atoms with Gasteiger partial charge in [-0.1, -0.05) is 6.92 Å². The molecule has 0 bridgehead atoms. The molecule has 0 unspecified atom stereocenters. The van der Waals surface area contributed by atoms with Crippen molar-refractivity contribution in [1.29, 1.82) is 0 Å². The lowest BCUT2D eigenvalue weighted by atomic mass is 10.2. The van der Waals surface area contributed by atoms with Gasteiger partial charge in [-0.05, 0) is 40.5 Å². The number of hydrogen-bond donors (Lipinski definition) is 2. The van der Waals surface area contributed by atoms with E-state index in [9.17, 15) is 4.39 Å². The quantitative estimate of drug-likeness (QED) is 0.899. The molecule has 2 aromatic rings. The molecule has 0 aliphatic carbocycles. The monoisotopic (exact) mass is 324 g/mol. The van der Waals surface area contributed by atoms with Crippen molar-refractivity contribution in [2.24, 2.45) is 0 Å². The highest BCUT2D eigenvalue weighted by Crippen LogP contribution is 2.25. The van der Waals surface area contributed by atoms with E-state index in [1.807, 2.05) is 14.0 Å². The van der Waals surface area contributed by atoms with Gasteiger partial charge in [-0.2, -0.15) is 0 Å². The zero-order valence-corrected chi connectivity index (χ0v) is 12.3. The summed E-state index contributed by atoms with van der Waals surface area (Å²) in [6, 6.07) is 4.86. The average Bonchev–Trinajstić information content (AvgIpc) is 2.42. The van der Waals surface area contributed by atoms with Crippen LogP contribution in [0.4, 0.5) is 21.7 Å². The SMILES string of the molecule is CCc1c(NC)ncnc1Nc1ccc(Br)c(F)c1. The van der Waals surface area contributed by atoms with Crippen LogP contribution in [0.25, 0.3) is 0 Å². The molecular formula is C13H14BrFN4. The van der Waals surface area contributed by atoms with Crippen LogP contribution in [0.5, 0.6) is 0 Å². The van der Waals surface area contributed by atoms with Gasteiger partial charge in [0.15, 0.2) is 0 Å². The summed E-state index contributed by atoms with van der Waals surface area (Å²) >= 11 is 3.13. The number of hydrogen-bond acceptors (Lipinski definition) is 4. The molecule has 2 N–H and O–H groups in total. The third kappa shape index (κ3) is 3.01. The number of benzene rings is 1. The Kier molecular flexibility index (Phi) is 4.31. The van der Waals surface area contributed by atoms with Crippen molar-refractivity contribution < 1.29 is 4.39 Å². The Morgan fingerprint density at radius 3 is 2.63 bits per heavy atom. The first-order chi connectivity index (χ1) is 9.15. The highest BCUT2D eigenvalue weighted by Gasteiger charge is 2.09. The first-order valence-corrected chi connectivity index (χ1v) is 6.68. The molecule has 4 nitrogen and oxygen atoms in total. The van der Waals surface area contributed by atoms with Crippen molar-refractivity contribution in [3.8, 4) is 0 Å². The van der Waals surface area contributed by atoms with Crippen LogP contribution < -0.4 is 10.6 Å². The molecule has 100 valence electrons. The van der Waals surface area contributed by atoms with Crippen LogP contribution in [0.3, 0.4) is 0 Å². The molecule has 1 aromatic carbocycles. The van der Waals surface area contributed by atoms with E-state index in [0.717, 1.165) is 17.8 Å². The molecule has 0 aliphatic rings. The first kappa shape index (κ1) is 13.7. The number of rotatable bonds is 4. The summed E-state index contributed by atoms with van der Waals surface area (Å²) in [7, 11) is 1.81. The van der Waals surface area contributed by atoms with Gasteiger partial charge in [-0.25, -0.2) is 14.4 Å². The minimum Gasteiger partial charge on any atom is -0.373 e. The molecule has 19 heavy (non-hydrogen) atoms. The largest absolute Gasteiger partial charge is 0.373 e. The molecule has 0 saturated carbocycles. The lowest BCUT2D eigenvalue weighted by molar-refractivity contribution is 0.622. The second kappa shape index (κ2) is 5.97. The molecule has 1 aromatic heterocycles. The fourth-order valence-electron chi connectivity index (χ4n) is 1.78. The maximum absolute atomic E-state index is 13.5. The Morgan fingerprint density at radius 1 is 1.26 bits per heavy atom. The zero-order chi connectivity index (χ0) is 13.8. The molecule has 0 atom stereocenters. The maximum Gasteiger partial charge on any atom is 0.139 e. The van der Waals surface area contributed by atoms with Crippen molar-refractivity contribution in [3.63, 3.8) is 0 Å².